The number of H-pyrrole nitrogens is 1. The fourth-order valence-corrected chi connectivity index (χ4v) is 4.88. The van der Waals surface area contributed by atoms with Gasteiger partial charge in [-0.05, 0) is 43.5 Å². The Morgan fingerprint density at radius 2 is 1.88 bits per heavy atom. The van der Waals surface area contributed by atoms with Crippen LogP contribution in [-0.4, -0.2) is 22.5 Å². The van der Waals surface area contributed by atoms with Gasteiger partial charge in [0.15, 0.2) is 0 Å². The van der Waals surface area contributed by atoms with Crippen molar-refractivity contribution in [2.45, 2.75) is 63.6 Å². The van der Waals surface area contributed by atoms with Gasteiger partial charge < -0.3 is 14.7 Å². The van der Waals surface area contributed by atoms with E-state index in [0.717, 1.165) is 46.0 Å². The molecule has 2 heterocycles. The van der Waals surface area contributed by atoms with Crippen molar-refractivity contribution in [3.05, 3.63) is 72.1 Å². The lowest BCUT2D eigenvalue weighted by Crippen LogP contribution is -2.58. The monoisotopic (exact) mass is 429 g/mol. The molecule has 5 rings (SSSR count). The number of hydrogen-bond donors (Lipinski definition) is 3. The third-order valence-electron chi connectivity index (χ3n) is 6.79. The highest BCUT2D eigenvalue weighted by molar-refractivity contribution is 5.89. The van der Waals surface area contributed by atoms with Crippen LogP contribution >= 0.6 is 0 Å². The molecule has 3 N–H and O–H groups in total. The van der Waals surface area contributed by atoms with Crippen LogP contribution in [0.15, 0.2) is 65.2 Å². The Labute approximate surface area is 188 Å². The summed E-state index contributed by atoms with van der Waals surface area (Å²) in [6, 6.07) is 18.6. The number of fused-ring (bicyclic) bond motifs is 2. The van der Waals surface area contributed by atoms with E-state index in [1.807, 2.05) is 55.6 Å². The number of para-hydroxylation sites is 2. The largest absolute Gasteiger partial charge is 0.460 e. The standard InChI is InChI=1S/C27H31N3O2/c1-27(26(31)30-21-10-3-2-4-11-21,16-20-17-28-24-13-7-6-12-23(20)24)29-18-22-15-19-9-5-8-14-25(19)32-22/h5-9,12-15,17,21,28-29H,2-4,10-11,16,18H2,1H3,(H,30,31). The predicted octanol–water partition coefficient (Wildman–Crippen LogP) is 5.45. The first-order valence-corrected chi connectivity index (χ1v) is 11.7. The molecule has 0 saturated heterocycles. The number of rotatable bonds is 7. The maximum atomic E-state index is 13.6. The molecule has 5 heteroatoms. The summed E-state index contributed by atoms with van der Waals surface area (Å²) in [7, 11) is 0. The van der Waals surface area contributed by atoms with Crippen LogP contribution in [-0.2, 0) is 17.8 Å². The summed E-state index contributed by atoms with van der Waals surface area (Å²) in [5.41, 5.74) is 2.34. The zero-order chi connectivity index (χ0) is 22.0. The molecule has 1 saturated carbocycles. The van der Waals surface area contributed by atoms with Gasteiger partial charge in [-0.15, -0.1) is 0 Å². The van der Waals surface area contributed by atoms with Crippen molar-refractivity contribution in [1.82, 2.24) is 15.6 Å². The van der Waals surface area contributed by atoms with E-state index in [-0.39, 0.29) is 11.9 Å². The minimum absolute atomic E-state index is 0.0609. The quantitative estimate of drug-likeness (QED) is 0.366. The van der Waals surface area contributed by atoms with Crippen molar-refractivity contribution in [2.24, 2.45) is 0 Å². The van der Waals surface area contributed by atoms with Gasteiger partial charge >= 0.3 is 0 Å². The summed E-state index contributed by atoms with van der Waals surface area (Å²) in [5, 5.41) is 9.13. The summed E-state index contributed by atoms with van der Waals surface area (Å²) in [6.45, 7) is 2.50. The van der Waals surface area contributed by atoms with Crippen molar-refractivity contribution in [2.75, 3.05) is 0 Å². The second-order valence-corrected chi connectivity index (χ2v) is 9.28. The highest BCUT2D eigenvalue weighted by Gasteiger charge is 2.35. The van der Waals surface area contributed by atoms with E-state index < -0.39 is 5.54 Å². The maximum Gasteiger partial charge on any atom is 0.240 e. The number of hydrogen-bond acceptors (Lipinski definition) is 3. The normalized spacial score (nSPS) is 16.9. The molecule has 2 aromatic heterocycles. The number of carbonyl (C=O) groups excluding carboxylic acids is 1. The lowest BCUT2D eigenvalue weighted by molar-refractivity contribution is -0.128. The van der Waals surface area contributed by atoms with Gasteiger partial charge in [0.25, 0.3) is 0 Å². The highest BCUT2D eigenvalue weighted by Crippen LogP contribution is 2.25. The molecule has 1 aliphatic rings. The number of aromatic amines is 1. The van der Waals surface area contributed by atoms with E-state index in [9.17, 15) is 4.79 Å². The Bertz CT molecular complexity index is 1180. The van der Waals surface area contributed by atoms with Gasteiger partial charge in [0.2, 0.25) is 5.91 Å². The average Bonchev–Trinajstić information content (AvgIpc) is 3.42. The van der Waals surface area contributed by atoms with Crippen molar-refractivity contribution in [1.29, 1.82) is 0 Å². The Morgan fingerprint density at radius 1 is 1.09 bits per heavy atom. The van der Waals surface area contributed by atoms with Crippen LogP contribution in [0.5, 0.6) is 0 Å². The summed E-state index contributed by atoms with van der Waals surface area (Å²) >= 11 is 0. The van der Waals surface area contributed by atoms with Gasteiger partial charge in [-0.25, -0.2) is 0 Å². The lowest BCUT2D eigenvalue weighted by atomic mass is 9.89. The molecule has 1 unspecified atom stereocenters. The van der Waals surface area contributed by atoms with Crippen LogP contribution in [0.4, 0.5) is 0 Å². The molecule has 0 bridgehead atoms. The van der Waals surface area contributed by atoms with Crippen molar-refractivity contribution >= 4 is 27.8 Å². The second-order valence-electron chi connectivity index (χ2n) is 9.28. The number of carbonyl (C=O) groups is 1. The van der Waals surface area contributed by atoms with Crippen molar-refractivity contribution in [3.8, 4) is 0 Å². The molecule has 1 aliphatic carbocycles. The number of aromatic nitrogens is 1. The van der Waals surface area contributed by atoms with Gasteiger partial charge in [0, 0.05) is 34.9 Å². The third-order valence-corrected chi connectivity index (χ3v) is 6.79. The van der Waals surface area contributed by atoms with Crippen molar-refractivity contribution in [3.63, 3.8) is 0 Å². The Kier molecular flexibility index (Phi) is 5.75. The highest BCUT2D eigenvalue weighted by atomic mass is 16.3. The summed E-state index contributed by atoms with van der Waals surface area (Å²) in [4.78, 5) is 16.9. The van der Waals surface area contributed by atoms with Crippen LogP contribution < -0.4 is 10.6 Å². The van der Waals surface area contributed by atoms with Crippen LogP contribution in [0.1, 0.15) is 50.4 Å². The van der Waals surface area contributed by atoms with Crippen LogP contribution in [0.3, 0.4) is 0 Å². The molecular formula is C27H31N3O2. The molecule has 4 aromatic rings. The Morgan fingerprint density at radius 3 is 2.72 bits per heavy atom. The number of amides is 1. The Hall–Kier alpha value is -3.05. The van der Waals surface area contributed by atoms with Gasteiger partial charge in [-0.2, -0.15) is 0 Å². The summed E-state index contributed by atoms with van der Waals surface area (Å²) in [5.74, 6) is 0.896. The average molecular weight is 430 g/mol. The van der Waals surface area contributed by atoms with Crippen LogP contribution in [0.2, 0.25) is 0 Å². The summed E-state index contributed by atoms with van der Waals surface area (Å²) in [6.07, 6.45) is 8.41. The number of furan rings is 1. The van der Waals surface area contributed by atoms with E-state index in [1.165, 1.54) is 19.3 Å². The van der Waals surface area contributed by atoms with Gasteiger partial charge in [-0.1, -0.05) is 55.7 Å². The first-order chi connectivity index (χ1) is 15.6. The van der Waals surface area contributed by atoms with E-state index in [0.29, 0.717) is 13.0 Å². The molecule has 0 spiro atoms. The fourth-order valence-electron chi connectivity index (χ4n) is 4.88. The van der Waals surface area contributed by atoms with E-state index >= 15 is 0 Å². The Balaban J connectivity index is 1.39. The van der Waals surface area contributed by atoms with Gasteiger partial charge in [0.05, 0.1) is 12.1 Å². The molecule has 1 amide bonds. The van der Waals surface area contributed by atoms with E-state index in [4.69, 9.17) is 4.42 Å². The van der Waals surface area contributed by atoms with Gasteiger partial charge in [-0.3, -0.25) is 10.1 Å². The molecule has 0 aliphatic heterocycles. The molecule has 1 atom stereocenters. The molecular weight excluding hydrogens is 398 g/mol. The zero-order valence-corrected chi connectivity index (χ0v) is 18.6. The zero-order valence-electron chi connectivity index (χ0n) is 18.6. The molecule has 2 aromatic carbocycles. The van der Waals surface area contributed by atoms with Crippen LogP contribution in [0.25, 0.3) is 21.9 Å². The predicted molar refractivity (Wildman–Crippen MR) is 128 cm³/mol. The minimum atomic E-state index is -0.763. The minimum Gasteiger partial charge on any atom is -0.460 e. The lowest BCUT2D eigenvalue weighted by Gasteiger charge is -2.33. The second kappa shape index (κ2) is 8.83. The summed E-state index contributed by atoms with van der Waals surface area (Å²) < 4.78 is 6.00. The molecule has 0 radical (unpaired) electrons. The van der Waals surface area contributed by atoms with Crippen LogP contribution in [0, 0.1) is 0 Å². The van der Waals surface area contributed by atoms with Gasteiger partial charge in [0.1, 0.15) is 11.3 Å². The molecule has 166 valence electrons. The first-order valence-electron chi connectivity index (χ1n) is 11.7. The topological polar surface area (TPSA) is 70.1 Å². The number of nitrogens with one attached hydrogen (secondary N) is 3. The molecule has 1 fully saturated rings. The SMILES string of the molecule is CC(Cc1c[nH]c2ccccc12)(NCc1cc2ccccc2o1)C(=O)NC1CCCCC1. The molecule has 5 nitrogen and oxygen atoms in total. The maximum absolute atomic E-state index is 13.6. The van der Waals surface area contributed by atoms with Crippen molar-refractivity contribution < 1.29 is 9.21 Å². The number of benzene rings is 2. The third kappa shape index (κ3) is 4.30. The smallest absolute Gasteiger partial charge is 0.240 e. The first kappa shape index (κ1) is 20.8. The van der Waals surface area contributed by atoms with E-state index in [1.54, 1.807) is 0 Å². The molecule has 32 heavy (non-hydrogen) atoms. The van der Waals surface area contributed by atoms with E-state index in [2.05, 4.69) is 27.8 Å². The fraction of sp³-hybridized carbons (Fsp3) is 0.370.